The molecule has 1 aliphatic rings. The van der Waals surface area contributed by atoms with Gasteiger partial charge in [-0.1, -0.05) is 17.9 Å². The molecule has 0 radical (unpaired) electrons. The van der Waals surface area contributed by atoms with E-state index in [-0.39, 0.29) is 12.0 Å². The van der Waals surface area contributed by atoms with E-state index in [4.69, 9.17) is 0 Å². The lowest BCUT2D eigenvalue weighted by atomic mass is 10.0. The van der Waals surface area contributed by atoms with Crippen molar-refractivity contribution in [1.29, 1.82) is 0 Å². The number of H-pyrrole nitrogens is 1. The first-order valence-electron chi connectivity index (χ1n) is 13.0. The number of alkyl halides is 3. The molecule has 214 valence electrons. The summed E-state index contributed by atoms with van der Waals surface area (Å²) in [6.07, 6.45) is 1.31. The number of hydrogen-bond donors (Lipinski definition) is 2. The molecule has 4 aromatic rings. The Kier molecular flexibility index (Phi) is 9.70. The van der Waals surface area contributed by atoms with Gasteiger partial charge in [-0.15, -0.1) is 0 Å². The van der Waals surface area contributed by atoms with Crippen LogP contribution >= 0.6 is 0 Å². The second-order valence-electron chi connectivity index (χ2n) is 9.58. The van der Waals surface area contributed by atoms with Gasteiger partial charge in [-0.05, 0) is 42.9 Å². The average molecular weight is 567 g/mol. The fourth-order valence-electron chi connectivity index (χ4n) is 4.34. The third-order valence-electron chi connectivity index (χ3n) is 6.67. The standard InChI is InChI=1S/C16H10FN3O.C14H20F3N3/c17-15-12(10-20-16-14(15)4-7-19-16)2-1-11-3-6-18-13(9-11)5-8-21;1-18-12-4-3-11(13(9-12)14(15,16)17)10-20-7-5-19(2)6-8-20/h3-4,6-10H,5H2,(H,19,20);3-4,9,18H,5-8,10H2,1-2H3. The van der Waals surface area contributed by atoms with Gasteiger partial charge in [0.05, 0.1) is 16.5 Å². The van der Waals surface area contributed by atoms with Crippen LogP contribution in [0.2, 0.25) is 0 Å². The third kappa shape index (κ3) is 7.90. The summed E-state index contributed by atoms with van der Waals surface area (Å²) in [7, 11) is 3.65. The van der Waals surface area contributed by atoms with E-state index in [2.05, 4.69) is 41.9 Å². The smallest absolute Gasteiger partial charge is 0.388 e. The largest absolute Gasteiger partial charge is 0.416 e. The first kappa shape index (κ1) is 29.7. The van der Waals surface area contributed by atoms with E-state index in [1.807, 2.05) is 7.05 Å². The number of fused-ring (bicyclic) bond motifs is 1. The van der Waals surface area contributed by atoms with Gasteiger partial charge in [0, 0.05) is 81.7 Å². The van der Waals surface area contributed by atoms with Crippen molar-refractivity contribution in [2.45, 2.75) is 19.1 Å². The van der Waals surface area contributed by atoms with Gasteiger partial charge in [-0.25, -0.2) is 9.37 Å². The highest BCUT2D eigenvalue weighted by Crippen LogP contribution is 2.34. The summed E-state index contributed by atoms with van der Waals surface area (Å²) in [6.45, 7) is 3.77. The highest BCUT2D eigenvalue weighted by atomic mass is 19.4. The van der Waals surface area contributed by atoms with Crippen molar-refractivity contribution in [3.05, 3.63) is 88.8 Å². The first-order valence-corrected chi connectivity index (χ1v) is 13.0. The third-order valence-corrected chi connectivity index (χ3v) is 6.67. The monoisotopic (exact) mass is 566 g/mol. The second kappa shape index (κ2) is 13.4. The summed E-state index contributed by atoms with van der Waals surface area (Å²) in [4.78, 5) is 25.7. The van der Waals surface area contributed by atoms with E-state index < -0.39 is 17.6 Å². The summed E-state index contributed by atoms with van der Waals surface area (Å²) in [5.41, 5.74) is 2.33. The van der Waals surface area contributed by atoms with Gasteiger partial charge in [0.15, 0.2) is 5.82 Å². The molecule has 3 aromatic heterocycles. The summed E-state index contributed by atoms with van der Waals surface area (Å²) >= 11 is 0. The number of carbonyl (C=O) groups excluding carboxylic acids is 1. The number of likely N-dealkylation sites (N-methyl/N-ethyl adjacent to an activating group) is 1. The van der Waals surface area contributed by atoms with Crippen LogP contribution in [0.5, 0.6) is 0 Å². The van der Waals surface area contributed by atoms with Crippen LogP contribution in [-0.4, -0.2) is 71.3 Å². The number of pyridine rings is 2. The van der Waals surface area contributed by atoms with Gasteiger partial charge < -0.3 is 20.0 Å². The molecule has 1 saturated heterocycles. The van der Waals surface area contributed by atoms with Gasteiger partial charge in [-0.2, -0.15) is 13.2 Å². The molecule has 0 aliphatic carbocycles. The maximum absolute atomic E-state index is 14.2. The fraction of sp³-hybridized carbons (Fsp3) is 0.300. The number of hydrogen-bond acceptors (Lipinski definition) is 6. The van der Waals surface area contributed by atoms with Crippen LogP contribution in [0.25, 0.3) is 11.0 Å². The van der Waals surface area contributed by atoms with Gasteiger partial charge in [0.25, 0.3) is 0 Å². The van der Waals surface area contributed by atoms with Crippen LogP contribution in [-0.2, 0) is 23.9 Å². The number of aldehydes is 1. The number of rotatable bonds is 5. The number of carbonyl (C=O) groups is 1. The molecule has 0 bridgehead atoms. The Hall–Kier alpha value is -4.27. The molecule has 1 fully saturated rings. The highest BCUT2D eigenvalue weighted by molar-refractivity contribution is 5.77. The Bertz CT molecular complexity index is 1550. The van der Waals surface area contributed by atoms with Crippen molar-refractivity contribution < 1.29 is 22.4 Å². The number of aromatic amines is 1. The van der Waals surface area contributed by atoms with Crippen LogP contribution in [0.3, 0.4) is 0 Å². The van der Waals surface area contributed by atoms with E-state index in [1.165, 1.54) is 12.3 Å². The quantitative estimate of drug-likeness (QED) is 0.207. The van der Waals surface area contributed by atoms with Crippen molar-refractivity contribution in [3.63, 3.8) is 0 Å². The lowest BCUT2D eigenvalue weighted by molar-refractivity contribution is -0.138. The number of nitrogens with one attached hydrogen (secondary N) is 2. The Balaban J connectivity index is 0.000000189. The molecule has 0 atom stereocenters. The van der Waals surface area contributed by atoms with Crippen LogP contribution in [0.4, 0.5) is 23.2 Å². The topological polar surface area (TPSA) is 77.1 Å². The summed E-state index contributed by atoms with van der Waals surface area (Å²) in [5, 5.41) is 3.17. The molecule has 2 N–H and O–H groups in total. The number of nitrogens with zero attached hydrogens (tertiary/aromatic N) is 4. The van der Waals surface area contributed by atoms with Gasteiger partial charge in [0.1, 0.15) is 11.9 Å². The highest BCUT2D eigenvalue weighted by Gasteiger charge is 2.34. The fourth-order valence-corrected chi connectivity index (χ4v) is 4.34. The molecule has 0 spiro atoms. The van der Waals surface area contributed by atoms with E-state index in [1.54, 1.807) is 49.8 Å². The molecule has 4 heterocycles. The van der Waals surface area contributed by atoms with Crippen molar-refractivity contribution >= 4 is 23.0 Å². The number of halogens is 4. The maximum atomic E-state index is 14.2. The zero-order chi connectivity index (χ0) is 29.4. The molecular weight excluding hydrogens is 536 g/mol. The molecule has 1 aromatic carbocycles. The minimum Gasteiger partial charge on any atom is -0.388 e. The van der Waals surface area contributed by atoms with Crippen molar-refractivity contribution in [1.82, 2.24) is 24.8 Å². The second-order valence-corrected chi connectivity index (χ2v) is 9.58. The molecule has 1 aliphatic heterocycles. The Labute approximate surface area is 235 Å². The molecule has 5 rings (SSSR count). The SMILES string of the molecule is CNc1ccc(CN2CCN(C)CC2)c(C(F)(F)F)c1.O=CCc1cc(C#Cc2cnc3[nH]ccc3c2F)ccn1. The van der Waals surface area contributed by atoms with Crippen LogP contribution in [0.1, 0.15) is 27.9 Å². The van der Waals surface area contributed by atoms with Crippen LogP contribution in [0, 0.1) is 17.7 Å². The lowest BCUT2D eigenvalue weighted by Gasteiger charge is -2.33. The van der Waals surface area contributed by atoms with E-state index in [0.29, 0.717) is 40.1 Å². The zero-order valence-electron chi connectivity index (χ0n) is 22.7. The van der Waals surface area contributed by atoms with Crippen LogP contribution < -0.4 is 5.32 Å². The first-order chi connectivity index (χ1) is 19.7. The predicted molar refractivity (Wildman–Crippen MR) is 150 cm³/mol. The van der Waals surface area contributed by atoms with Gasteiger partial charge in [0.2, 0.25) is 0 Å². The number of benzene rings is 1. The Morgan fingerprint density at radius 1 is 1.07 bits per heavy atom. The normalized spacial score (nSPS) is 14.1. The van der Waals surface area contributed by atoms with Gasteiger partial charge >= 0.3 is 6.18 Å². The molecule has 0 amide bonds. The molecule has 11 heteroatoms. The molecule has 41 heavy (non-hydrogen) atoms. The molecule has 7 nitrogen and oxygen atoms in total. The summed E-state index contributed by atoms with van der Waals surface area (Å²) < 4.78 is 53.6. The summed E-state index contributed by atoms with van der Waals surface area (Å²) in [6, 6.07) is 9.50. The predicted octanol–water partition coefficient (Wildman–Crippen LogP) is 4.73. The number of aromatic nitrogens is 3. The number of piperazine rings is 1. The minimum absolute atomic E-state index is 0.232. The van der Waals surface area contributed by atoms with Crippen LogP contribution in [0.15, 0.2) is 55.0 Å². The maximum Gasteiger partial charge on any atom is 0.416 e. The minimum atomic E-state index is -4.31. The van der Waals surface area contributed by atoms with Crippen molar-refractivity contribution in [2.24, 2.45) is 0 Å². The van der Waals surface area contributed by atoms with E-state index in [0.717, 1.165) is 32.5 Å². The van der Waals surface area contributed by atoms with Gasteiger partial charge in [-0.3, -0.25) is 9.88 Å². The lowest BCUT2D eigenvalue weighted by Crippen LogP contribution is -2.44. The van der Waals surface area contributed by atoms with E-state index in [9.17, 15) is 22.4 Å². The van der Waals surface area contributed by atoms with Crippen molar-refractivity contribution in [3.8, 4) is 11.8 Å². The van der Waals surface area contributed by atoms with E-state index >= 15 is 0 Å². The average Bonchev–Trinajstić information content (AvgIpc) is 3.44. The molecule has 0 unspecified atom stereocenters. The molecule has 0 saturated carbocycles. The number of anilines is 1. The zero-order valence-corrected chi connectivity index (χ0v) is 22.7. The van der Waals surface area contributed by atoms with Crippen molar-refractivity contribution in [2.75, 3.05) is 45.6 Å². The molecular formula is C30H30F4N6O. The Morgan fingerprint density at radius 3 is 2.56 bits per heavy atom. The summed E-state index contributed by atoms with van der Waals surface area (Å²) in [5.74, 6) is 5.23. The Morgan fingerprint density at radius 2 is 1.85 bits per heavy atom.